The highest BCUT2D eigenvalue weighted by Crippen LogP contribution is 2.22. The Bertz CT molecular complexity index is 520. The predicted octanol–water partition coefficient (Wildman–Crippen LogP) is 1.46. The molecule has 0 aromatic heterocycles. The Labute approximate surface area is 130 Å². The molecule has 0 aliphatic carbocycles. The minimum atomic E-state index is -0.362. The van der Waals surface area contributed by atoms with Crippen LogP contribution in [0.5, 0.6) is 5.75 Å². The summed E-state index contributed by atoms with van der Waals surface area (Å²) >= 11 is 0. The zero-order chi connectivity index (χ0) is 16.1. The van der Waals surface area contributed by atoms with Crippen LogP contribution in [-0.2, 0) is 4.79 Å². The zero-order valence-electron chi connectivity index (χ0n) is 13.0. The Morgan fingerprint density at radius 2 is 1.82 bits per heavy atom. The topological polar surface area (TPSA) is 84.7 Å². The Morgan fingerprint density at radius 1 is 1.23 bits per heavy atom. The van der Waals surface area contributed by atoms with E-state index in [4.69, 9.17) is 10.6 Å². The van der Waals surface area contributed by atoms with Crippen LogP contribution in [0.1, 0.15) is 43.5 Å². The molecule has 120 valence electrons. The molecule has 6 nitrogen and oxygen atoms in total. The summed E-state index contributed by atoms with van der Waals surface area (Å²) in [5.41, 5.74) is 2.51. The Morgan fingerprint density at radius 3 is 2.36 bits per heavy atom. The molecule has 1 heterocycles. The fourth-order valence-corrected chi connectivity index (χ4v) is 2.92. The number of nitrogens with zero attached hydrogens (tertiary/aromatic N) is 1. The van der Waals surface area contributed by atoms with Crippen molar-refractivity contribution in [1.29, 1.82) is 0 Å². The van der Waals surface area contributed by atoms with E-state index in [1.807, 2.05) is 4.90 Å². The Kier molecular flexibility index (Phi) is 5.38. The second-order valence-electron chi connectivity index (χ2n) is 5.72. The maximum Gasteiger partial charge on any atom is 0.265 e. The number of carbonyl (C=O) groups excluding carboxylic acids is 2. The van der Waals surface area contributed by atoms with Gasteiger partial charge in [0.2, 0.25) is 0 Å². The van der Waals surface area contributed by atoms with Gasteiger partial charge in [-0.2, -0.15) is 0 Å². The van der Waals surface area contributed by atoms with E-state index in [0.717, 1.165) is 19.3 Å². The van der Waals surface area contributed by atoms with E-state index in [2.05, 4.69) is 19.3 Å². The molecule has 0 unspecified atom stereocenters. The fourth-order valence-electron chi connectivity index (χ4n) is 2.92. The first-order chi connectivity index (χ1) is 10.5. The molecule has 1 aliphatic heterocycles. The zero-order valence-corrected chi connectivity index (χ0v) is 13.0. The van der Waals surface area contributed by atoms with Gasteiger partial charge in [-0.25, -0.2) is 5.84 Å². The SMILES string of the molecule is C[C@H]1CCC[C@H](C)N1C(=O)COc1ccc(C(=O)NN)cc1. The van der Waals surface area contributed by atoms with Crippen LogP contribution < -0.4 is 16.0 Å². The van der Waals surface area contributed by atoms with Crippen LogP contribution in [0.25, 0.3) is 0 Å². The number of likely N-dealkylation sites (tertiary alicyclic amines) is 1. The van der Waals surface area contributed by atoms with Crippen molar-refractivity contribution >= 4 is 11.8 Å². The van der Waals surface area contributed by atoms with E-state index >= 15 is 0 Å². The third-order valence-electron chi connectivity index (χ3n) is 4.09. The second-order valence-corrected chi connectivity index (χ2v) is 5.72. The molecule has 0 bridgehead atoms. The molecule has 0 saturated carbocycles. The third-order valence-corrected chi connectivity index (χ3v) is 4.09. The summed E-state index contributed by atoms with van der Waals surface area (Å²) in [5.74, 6) is 5.26. The van der Waals surface area contributed by atoms with Gasteiger partial charge in [-0.3, -0.25) is 15.0 Å². The number of amides is 2. The Hall–Kier alpha value is -2.08. The summed E-state index contributed by atoms with van der Waals surface area (Å²) in [6.07, 6.45) is 3.25. The van der Waals surface area contributed by atoms with Crippen LogP contribution in [0.2, 0.25) is 0 Å². The molecule has 0 spiro atoms. The quantitative estimate of drug-likeness (QED) is 0.501. The average Bonchev–Trinajstić information content (AvgIpc) is 2.52. The predicted molar refractivity (Wildman–Crippen MR) is 83.2 cm³/mol. The van der Waals surface area contributed by atoms with Crippen molar-refractivity contribution < 1.29 is 14.3 Å². The lowest BCUT2D eigenvalue weighted by Gasteiger charge is -2.38. The van der Waals surface area contributed by atoms with Gasteiger partial charge >= 0.3 is 0 Å². The second kappa shape index (κ2) is 7.26. The number of ether oxygens (including phenoxy) is 1. The minimum Gasteiger partial charge on any atom is -0.484 e. The normalized spacial score (nSPS) is 21.3. The smallest absolute Gasteiger partial charge is 0.265 e. The largest absolute Gasteiger partial charge is 0.484 e. The van der Waals surface area contributed by atoms with E-state index in [-0.39, 0.29) is 30.5 Å². The molecule has 2 amide bonds. The lowest BCUT2D eigenvalue weighted by molar-refractivity contribution is -0.139. The first-order valence-electron chi connectivity index (χ1n) is 7.58. The van der Waals surface area contributed by atoms with Crippen LogP contribution in [0.15, 0.2) is 24.3 Å². The molecular weight excluding hydrogens is 282 g/mol. The van der Waals surface area contributed by atoms with Gasteiger partial charge in [0.15, 0.2) is 6.61 Å². The first kappa shape index (κ1) is 16.3. The minimum absolute atomic E-state index is 0.00322. The number of nitrogens with one attached hydrogen (secondary N) is 1. The highest BCUT2D eigenvalue weighted by atomic mass is 16.5. The molecule has 1 aliphatic rings. The Balaban J connectivity index is 1.92. The van der Waals surface area contributed by atoms with Crippen molar-refractivity contribution in [2.75, 3.05) is 6.61 Å². The van der Waals surface area contributed by atoms with Gasteiger partial charge in [0.05, 0.1) is 0 Å². The van der Waals surface area contributed by atoms with Crippen molar-refractivity contribution in [3.05, 3.63) is 29.8 Å². The van der Waals surface area contributed by atoms with Gasteiger partial charge in [0, 0.05) is 17.6 Å². The molecule has 0 radical (unpaired) electrons. The lowest BCUT2D eigenvalue weighted by atomic mass is 9.97. The molecule has 1 aromatic carbocycles. The molecular formula is C16H23N3O3. The monoisotopic (exact) mass is 305 g/mol. The molecule has 2 rings (SSSR count). The third kappa shape index (κ3) is 3.76. The van der Waals surface area contributed by atoms with Crippen LogP contribution in [-0.4, -0.2) is 35.4 Å². The highest BCUT2D eigenvalue weighted by Gasteiger charge is 2.28. The summed E-state index contributed by atoms with van der Waals surface area (Å²) in [5, 5.41) is 0. The molecule has 22 heavy (non-hydrogen) atoms. The van der Waals surface area contributed by atoms with Crippen LogP contribution in [0.4, 0.5) is 0 Å². The fraction of sp³-hybridized carbons (Fsp3) is 0.500. The number of hydrazine groups is 1. The average molecular weight is 305 g/mol. The van der Waals surface area contributed by atoms with Crippen molar-refractivity contribution in [2.45, 2.75) is 45.2 Å². The summed E-state index contributed by atoms with van der Waals surface area (Å²) in [6, 6.07) is 7.04. The molecule has 3 N–H and O–H groups in total. The standard InChI is InChI=1S/C16H23N3O3/c1-11-4-3-5-12(2)19(11)15(20)10-22-14-8-6-13(7-9-14)16(21)18-17/h6-9,11-12H,3-5,10,17H2,1-2H3,(H,18,21)/t11-,12-/m0/s1. The van der Waals surface area contributed by atoms with E-state index in [1.165, 1.54) is 0 Å². The number of piperidine rings is 1. The van der Waals surface area contributed by atoms with Gasteiger partial charge in [-0.15, -0.1) is 0 Å². The van der Waals surface area contributed by atoms with Crippen molar-refractivity contribution in [3.8, 4) is 5.75 Å². The summed E-state index contributed by atoms with van der Waals surface area (Å²) < 4.78 is 5.53. The maximum absolute atomic E-state index is 12.3. The number of hydrogen-bond acceptors (Lipinski definition) is 4. The number of rotatable bonds is 4. The maximum atomic E-state index is 12.3. The van der Waals surface area contributed by atoms with Crippen LogP contribution >= 0.6 is 0 Å². The first-order valence-corrected chi connectivity index (χ1v) is 7.58. The van der Waals surface area contributed by atoms with Crippen molar-refractivity contribution in [2.24, 2.45) is 5.84 Å². The van der Waals surface area contributed by atoms with Gasteiger partial charge < -0.3 is 9.64 Å². The number of hydrogen-bond donors (Lipinski definition) is 2. The van der Waals surface area contributed by atoms with Gasteiger partial charge in [-0.05, 0) is 57.4 Å². The lowest BCUT2D eigenvalue weighted by Crippen LogP contribution is -2.49. The van der Waals surface area contributed by atoms with E-state index in [9.17, 15) is 9.59 Å². The highest BCUT2D eigenvalue weighted by molar-refractivity contribution is 5.93. The summed E-state index contributed by atoms with van der Waals surface area (Å²) in [7, 11) is 0. The van der Waals surface area contributed by atoms with Gasteiger partial charge in [-0.1, -0.05) is 0 Å². The van der Waals surface area contributed by atoms with Gasteiger partial charge in [0.1, 0.15) is 5.75 Å². The van der Waals surface area contributed by atoms with Gasteiger partial charge in [0.25, 0.3) is 11.8 Å². The van der Waals surface area contributed by atoms with Crippen molar-refractivity contribution in [3.63, 3.8) is 0 Å². The molecule has 2 atom stereocenters. The summed E-state index contributed by atoms with van der Waals surface area (Å²) in [6.45, 7) is 4.17. The number of nitrogen functional groups attached to an aromatic ring is 1. The molecule has 6 heteroatoms. The van der Waals surface area contributed by atoms with E-state index in [0.29, 0.717) is 11.3 Å². The number of carbonyl (C=O) groups is 2. The molecule has 1 saturated heterocycles. The van der Waals surface area contributed by atoms with E-state index in [1.54, 1.807) is 24.3 Å². The van der Waals surface area contributed by atoms with Crippen LogP contribution in [0.3, 0.4) is 0 Å². The molecule has 1 fully saturated rings. The number of nitrogens with two attached hydrogens (primary N) is 1. The summed E-state index contributed by atoms with van der Waals surface area (Å²) in [4.78, 5) is 25.6. The van der Waals surface area contributed by atoms with Crippen molar-refractivity contribution in [1.82, 2.24) is 10.3 Å². The van der Waals surface area contributed by atoms with Crippen LogP contribution in [0, 0.1) is 0 Å². The van der Waals surface area contributed by atoms with E-state index < -0.39 is 0 Å². The number of benzene rings is 1. The molecule has 1 aromatic rings.